The number of hydrogen-bond acceptors (Lipinski definition) is 5. The van der Waals surface area contributed by atoms with E-state index in [0.29, 0.717) is 29.9 Å². The van der Waals surface area contributed by atoms with E-state index in [1.807, 2.05) is 20.8 Å². The molecule has 0 aliphatic carbocycles. The number of anilines is 1. The molecule has 0 fully saturated rings. The van der Waals surface area contributed by atoms with Crippen molar-refractivity contribution >= 4 is 52.8 Å². The van der Waals surface area contributed by atoms with E-state index in [1.54, 1.807) is 23.6 Å². The van der Waals surface area contributed by atoms with E-state index in [0.717, 1.165) is 11.4 Å². The summed E-state index contributed by atoms with van der Waals surface area (Å²) in [4.78, 5) is 28.9. The van der Waals surface area contributed by atoms with Crippen molar-refractivity contribution in [2.45, 2.75) is 39.2 Å². The highest BCUT2D eigenvalue weighted by Gasteiger charge is 2.21. The molecule has 6 nitrogen and oxygen atoms in total. The number of aromatic nitrogens is 1. The first kappa shape index (κ1) is 23.4. The number of thiazole rings is 1. The number of hydrogen-bond donors (Lipinski definition) is 3. The van der Waals surface area contributed by atoms with Crippen LogP contribution in [0, 0.1) is 0 Å². The van der Waals surface area contributed by atoms with Gasteiger partial charge >= 0.3 is 0 Å². The number of carbonyl (C=O) groups excluding carboxylic acids is 2. The van der Waals surface area contributed by atoms with Gasteiger partial charge in [0, 0.05) is 23.0 Å². The van der Waals surface area contributed by atoms with Crippen LogP contribution in [0.1, 0.15) is 53.0 Å². The maximum atomic E-state index is 12.4. The number of nitrogens with one attached hydrogen (secondary N) is 2. The summed E-state index contributed by atoms with van der Waals surface area (Å²) in [6, 6.07) is 4.80. The van der Waals surface area contributed by atoms with Gasteiger partial charge in [-0.1, -0.05) is 18.5 Å². The number of nitrogens with zero attached hydrogens (tertiary/aromatic N) is 1. The quantitative estimate of drug-likeness (QED) is 0.620. The molecule has 0 saturated carbocycles. The lowest BCUT2D eigenvalue weighted by Crippen LogP contribution is -2.42. The molecule has 0 saturated heterocycles. The van der Waals surface area contributed by atoms with Gasteiger partial charge < -0.3 is 16.4 Å². The molecule has 2 amide bonds. The van der Waals surface area contributed by atoms with Gasteiger partial charge in [-0.15, -0.1) is 23.7 Å². The molecular formula is C18H24Cl2N4O2S. The normalized spacial score (nSPS) is 10.9. The summed E-state index contributed by atoms with van der Waals surface area (Å²) in [6.07, 6.45) is 1.44. The van der Waals surface area contributed by atoms with Gasteiger partial charge in [0.05, 0.1) is 15.6 Å². The summed E-state index contributed by atoms with van der Waals surface area (Å²) in [6.45, 7) is 6.38. The van der Waals surface area contributed by atoms with E-state index in [1.165, 1.54) is 11.3 Å². The third kappa shape index (κ3) is 6.46. The fourth-order valence-electron chi connectivity index (χ4n) is 2.09. The Hall–Kier alpha value is -1.67. The number of amides is 2. The summed E-state index contributed by atoms with van der Waals surface area (Å²) in [5, 5.41) is 8.46. The van der Waals surface area contributed by atoms with E-state index in [-0.39, 0.29) is 34.8 Å². The van der Waals surface area contributed by atoms with Crippen LogP contribution in [-0.2, 0) is 6.42 Å². The predicted octanol–water partition coefficient (Wildman–Crippen LogP) is 3.89. The molecule has 0 aliphatic heterocycles. The second-order valence-electron chi connectivity index (χ2n) is 6.51. The van der Waals surface area contributed by atoms with Crippen LogP contribution in [0.2, 0.25) is 5.02 Å². The lowest BCUT2D eigenvalue weighted by molar-refractivity contribution is 0.0911. The largest absolute Gasteiger partial charge is 0.347 e. The molecule has 0 bridgehead atoms. The average Bonchev–Trinajstić information content (AvgIpc) is 3.03. The maximum absolute atomic E-state index is 12.4. The second-order valence-corrected chi connectivity index (χ2v) is 7.86. The molecule has 0 unspecified atom stereocenters. The highest BCUT2D eigenvalue weighted by atomic mass is 35.5. The number of carbonyl (C=O) groups is 2. The lowest BCUT2D eigenvalue weighted by atomic mass is 10.0. The first-order valence-corrected chi connectivity index (χ1v) is 9.59. The molecule has 148 valence electrons. The Bertz CT molecular complexity index is 808. The molecule has 0 aliphatic rings. The summed E-state index contributed by atoms with van der Waals surface area (Å²) in [7, 11) is 0. The van der Waals surface area contributed by atoms with Crippen molar-refractivity contribution in [3.8, 4) is 0 Å². The van der Waals surface area contributed by atoms with Crippen LogP contribution in [0.3, 0.4) is 0 Å². The topological polar surface area (TPSA) is 97.1 Å². The molecule has 9 heteroatoms. The highest BCUT2D eigenvalue weighted by molar-refractivity contribution is 7.09. The van der Waals surface area contributed by atoms with Crippen LogP contribution in [-0.4, -0.2) is 28.9 Å². The van der Waals surface area contributed by atoms with Crippen molar-refractivity contribution in [3.63, 3.8) is 0 Å². The maximum Gasteiger partial charge on any atom is 0.275 e. The number of halogens is 2. The van der Waals surface area contributed by atoms with Crippen molar-refractivity contribution in [2.75, 3.05) is 11.9 Å². The van der Waals surface area contributed by atoms with Gasteiger partial charge in [0.25, 0.3) is 11.8 Å². The molecule has 2 aromatic rings. The van der Waals surface area contributed by atoms with Crippen LogP contribution in [0.25, 0.3) is 0 Å². The fraction of sp³-hybridized carbons (Fsp3) is 0.389. The van der Waals surface area contributed by atoms with Crippen molar-refractivity contribution in [1.29, 1.82) is 0 Å². The van der Waals surface area contributed by atoms with Crippen molar-refractivity contribution < 1.29 is 9.59 Å². The first-order chi connectivity index (χ1) is 12.3. The zero-order valence-electron chi connectivity index (χ0n) is 15.5. The standard InChI is InChI=1S/C18H23ClN4O2S.ClH/c1-4-18(2,3)23-16(24)12-6-5-11(9-13(12)19)21-17(25)14-10-26-15(22-14)7-8-20;/h5-6,9-10H,4,7-8,20H2,1-3H3,(H,21,25)(H,23,24);1H. The van der Waals surface area contributed by atoms with E-state index in [9.17, 15) is 9.59 Å². The van der Waals surface area contributed by atoms with Gasteiger partial charge in [0.1, 0.15) is 5.69 Å². The van der Waals surface area contributed by atoms with Gasteiger partial charge in [-0.2, -0.15) is 0 Å². The van der Waals surface area contributed by atoms with Gasteiger partial charge in [-0.25, -0.2) is 4.98 Å². The van der Waals surface area contributed by atoms with Crippen molar-refractivity contribution in [1.82, 2.24) is 10.3 Å². The molecule has 2 rings (SSSR count). The molecule has 0 spiro atoms. The summed E-state index contributed by atoms with van der Waals surface area (Å²) < 4.78 is 0. The van der Waals surface area contributed by atoms with Gasteiger partial charge in [-0.05, 0) is 45.0 Å². The Morgan fingerprint density at radius 3 is 2.59 bits per heavy atom. The van der Waals surface area contributed by atoms with E-state index < -0.39 is 0 Å². The molecule has 1 heterocycles. The number of nitrogens with two attached hydrogens (primary N) is 1. The van der Waals surface area contributed by atoms with Crippen LogP contribution in [0.4, 0.5) is 5.69 Å². The lowest BCUT2D eigenvalue weighted by Gasteiger charge is -2.24. The first-order valence-electron chi connectivity index (χ1n) is 8.33. The van der Waals surface area contributed by atoms with Crippen LogP contribution >= 0.6 is 35.3 Å². The number of benzene rings is 1. The van der Waals surface area contributed by atoms with Gasteiger partial charge in [-0.3, -0.25) is 9.59 Å². The highest BCUT2D eigenvalue weighted by Crippen LogP contribution is 2.23. The minimum absolute atomic E-state index is 0. The zero-order chi connectivity index (χ0) is 19.3. The summed E-state index contributed by atoms with van der Waals surface area (Å²) in [5.74, 6) is -0.574. The zero-order valence-corrected chi connectivity index (χ0v) is 17.9. The minimum atomic E-state index is -0.329. The SMILES string of the molecule is CCC(C)(C)NC(=O)c1ccc(NC(=O)c2csc(CCN)n2)cc1Cl.Cl. The molecule has 1 aromatic heterocycles. The molecule has 1 aromatic carbocycles. The third-order valence-electron chi connectivity index (χ3n) is 3.95. The monoisotopic (exact) mass is 430 g/mol. The van der Waals surface area contributed by atoms with Gasteiger partial charge in [0.15, 0.2) is 0 Å². The predicted molar refractivity (Wildman–Crippen MR) is 113 cm³/mol. The molecular weight excluding hydrogens is 407 g/mol. The van der Waals surface area contributed by atoms with E-state index >= 15 is 0 Å². The van der Waals surface area contributed by atoms with Crippen molar-refractivity contribution in [3.05, 3.63) is 44.9 Å². The van der Waals surface area contributed by atoms with E-state index in [2.05, 4.69) is 15.6 Å². The second kappa shape index (κ2) is 10.0. The Labute approximate surface area is 174 Å². The Balaban J connectivity index is 0.00000364. The minimum Gasteiger partial charge on any atom is -0.347 e. The Morgan fingerprint density at radius 1 is 1.30 bits per heavy atom. The van der Waals surface area contributed by atoms with E-state index in [4.69, 9.17) is 17.3 Å². The third-order valence-corrected chi connectivity index (χ3v) is 5.17. The van der Waals surface area contributed by atoms with Crippen LogP contribution < -0.4 is 16.4 Å². The molecule has 4 N–H and O–H groups in total. The smallest absolute Gasteiger partial charge is 0.275 e. The van der Waals surface area contributed by atoms with Crippen molar-refractivity contribution in [2.24, 2.45) is 5.73 Å². The summed E-state index contributed by atoms with van der Waals surface area (Å²) >= 11 is 7.63. The molecule has 0 atom stereocenters. The van der Waals surface area contributed by atoms with Crippen LogP contribution in [0.5, 0.6) is 0 Å². The fourth-order valence-corrected chi connectivity index (χ4v) is 3.15. The average molecular weight is 431 g/mol. The Kier molecular flexibility index (Phi) is 8.68. The molecule has 0 radical (unpaired) electrons. The number of rotatable bonds is 7. The van der Waals surface area contributed by atoms with Gasteiger partial charge in [0.2, 0.25) is 0 Å². The van der Waals surface area contributed by atoms with Crippen LogP contribution in [0.15, 0.2) is 23.6 Å². The summed E-state index contributed by atoms with van der Waals surface area (Å²) in [5.41, 5.74) is 6.37. The Morgan fingerprint density at radius 2 is 2.00 bits per heavy atom. The molecule has 27 heavy (non-hydrogen) atoms.